The Bertz CT molecular complexity index is 432. The van der Waals surface area contributed by atoms with Crippen molar-refractivity contribution >= 4 is 39.3 Å². The number of rotatable bonds is 4. The molecule has 1 aromatic carbocycles. The molecule has 0 aromatic heterocycles. The summed E-state index contributed by atoms with van der Waals surface area (Å²) in [5.41, 5.74) is 0.255. The SMILES string of the molecule is COC(=O)C(Br)(CO)C(=O)c1ccc(Cl)cc1. The van der Waals surface area contributed by atoms with Gasteiger partial charge >= 0.3 is 5.97 Å². The van der Waals surface area contributed by atoms with Gasteiger partial charge in [-0.25, -0.2) is 4.79 Å². The molecule has 0 fully saturated rings. The first kappa shape index (κ1) is 14.2. The van der Waals surface area contributed by atoms with E-state index in [1.807, 2.05) is 0 Å². The summed E-state index contributed by atoms with van der Waals surface area (Å²) in [6.07, 6.45) is 0. The lowest BCUT2D eigenvalue weighted by Gasteiger charge is -2.20. The monoisotopic (exact) mass is 320 g/mol. The van der Waals surface area contributed by atoms with Gasteiger partial charge in [-0.15, -0.1) is 0 Å². The van der Waals surface area contributed by atoms with Gasteiger partial charge in [0.15, 0.2) is 5.78 Å². The van der Waals surface area contributed by atoms with E-state index >= 15 is 0 Å². The molecule has 92 valence electrons. The maximum Gasteiger partial charge on any atom is 0.333 e. The molecule has 4 nitrogen and oxygen atoms in total. The summed E-state index contributed by atoms with van der Waals surface area (Å²) >= 11 is 8.61. The molecule has 0 aliphatic carbocycles. The van der Waals surface area contributed by atoms with Crippen molar-refractivity contribution in [2.24, 2.45) is 0 Å². The van der Waals surface area contributed by atoms with Crippen molar-refractivity contribution in [1.29, 1.82) is 0 Å². The molecule has 0 heterocycles. The van der Waals surface area contributed by atoms with Gasteiger partial charge in [0, 0.05) is 10.6 Å². The molecule has 1 aromatic rings. The van der Waals surface area contributed by atoms with Gasteiger partial charge in [0.1, 0.15) is 0 Å². The number of benzene rings is 1. The van der Waals surface area contributed by atoms with Gasteiger partial charge in [0.2, 0.25) is 4.32 Å². The number of halogens is 2. The van der Waals surface area contributed by atoms with Crippen molar-refractivity contribution in [1.82, 2.24) is 0 Å². The van der Waals surface area contributed by atoms with Crippen molar-refractivity contribution in [3.8, 4) is 0 Å². The first-order valence-electron chi connectivity index (χ1n) is 4.64. The van der Waals surface area contributed by atoms with Gasteiger partial charge in [-0.2, -0.15) is 0 Å². The average molecular weight is 322 g/mol. The summed E-state index contributed by atoms with van der Waals surface area (Å²) < 4.78 is 2.71. The van der Waals surface area contributed by atoms with E-state index in [0.717, 1.165) is 7.11 Å². The molecule has 0 amide bonds. The van der Waals surface area contributed by atoms with Crippen LogP contribution in [0.15, 0.2) is 24.3 Å². The highest BCUT2D eigenvalue weighted by molar-refractivity contribution is 9.10. The number of hydrogen-bond acceptors (Lipinski definition) is 4. The Labute approximate surface area is 112 Å². The van der Waals surface area contributed by atoms with Gasteiger partial charge in [-0.05, 0) is 24.3 Å². The van der Waals surface area contributed by atoms with E-state index in [1.165, 1.54) is 24.3 Å². The quantitative estimate of drug-likeness (QED) is 0.398. The fourth-order valence-electron chi connectivity index (χ4n) is 1.22. The molecule has 0 aliphatic heterocycles. The van der Waals surface area contributed by atoms with E-state index in [-0.39, 0.29) is 5.56 Å². The standard InChI is InChI=1S/C11H10BrClO4/c1-17-10(16)11(12,6-14)9(15)7-2-4-8(13)5-3-7/h2-5,14H,6H2,1H3. The Balaban J connectivity index is 3.09. The van der Waals surface area contributed by atoms with Crippen LogP contribution in [0, 0.1) is 0 Å². The van der Waals surface area contributed by atoms with Crippen LogP contribution >= 0.6 is 27.5 Å². The molecule has 1 N–H and O–H groups in total. The summed E-state index contributed by atoms with van der Waals surface area (Å²) in [6, 6.07) is 5.99. The second-order valence-electron chi connectivity index (χ2n) is 3.29. The van der Waals surface area contributed by atoms with Crippen LogP contribution in [0.1, 0.15) is 10.4 Å². The van der Waals surface area contributed by atoms with Gasteiger partial charge in [0.05, 0.1) is 13.7 Å². The molecule has 0 saturated heterocycles. The predicted molar refractivity (Wildman–Crippen MR) is 66.5 cm³/mol. The maximum atomic E-state index is 12.1. The van der Waals surface area contributed by atoms with Crippen molar-refractivity contribution in [3.05, 3.63) is 34.9 Å². The molecule has 0 bridgehead atoms. The number of methoxy groups -OCH3 is 1. The molecular formula is C11H10BrClO4. The van der Waals surface area contributed by atoms with Crippen LogP contribution in [-0.2, 0) is 9.53 Å². The van der Waals surface area contributed by atoms with Crippen LogP contribution in [0.25, 0.3) is 0 Å². The van der Waals surface area contributed by atoms with Crippen LogP contribution < -0.4 is 0 Å². The summed E-state index contributed by atoms with van der Waals surface area (Å²) in [6.45, 7) is -0.693. The molecule has 6 heteroatoms. The Morgan fingerprint density at radius 1 is 1.41 bits per heavy atom. The smallest absolute Gasteiger partial charge is 0.333 e. The van der Waals surface area contributed by atoms with E-state index < -0.39 is 22.7 Å². The number of aliphatic hydroxyl groups excluding tert-OH is 1. The minimum atomic E-state index is -1.77. The van der Waals surface area contributed by atoms with E-state index in [1.54, 1.807) is 0 Å². The minimum Gasteiger partial charge on any atom is -0.468 e. The lowest BCUT2D eigenvalue weighted by Crippen LogP contribution is -2.45. The number of carbonyl (C=O) groups excluding carboxylic acids is 2. The number of aliphatic hydroxyl groups is 1. The fraction of sp³-hybridized carbons (Fsp3) is 0.273. The topological polar surface area (TPSA) is 63.6 Å². The number of alkyl halides is 1. The van der Waals surface area contributed by atoms with Crippen LogP contribution in [0.4, 0.5) is 0 Å². The number of carbonyl (C=O) groups is 2. The Morgan fingerprint density at radius 2 is 1.94 bits per heavy atom. The highest BCUT2D eigenvalue weighted by Gasteiger charge is 2.44. The van der Waals surface area contributed by atoms with Crippen LogP contribution in [0.2, 0.25) is 5.02 Å². The third kappa shape index (κ3) is 2.86. The van der Waals surface area contributed by atoms with Crippen molar-refractivity contribution < 1.29 is 19.4 Å². The number of hydrogen-bond donors (Lipinski definition) is 1. The number of esters is 1. The van der Waals surface area contributed by atoms with E-state index in [2.05, 4.69) is 20.7 Å². The molecule has 1 rings (SSSR count). The van der Waals surface area contributed by atoms with E-state index in [0.29, 0.717) is 5.02 Å². The zero-order valence-electron chi connectivity index (χ0n) is 8.94. The van der Waals surface area contributed by atoms with E-state index in [9.17, 15) is 14.7 Å². The molecule has 0 spiro atoms. The number of ether oxygens (including phenoxy) is 1. The molecule has 17 heavy (non-hydrogen) atoms. The molecular weight excluding hydrogens is 311 g/mol. The van der Waals surface area contributed by atoms with Crippen molar-refractivity contribution in [2.45, 2.75) is 4.32 Å². The first-order valence-corrected chi connectivity index (χ1v) is 5.81. The van der Waals surface area contributed by atoms with Crippen LogP contribution in [0.5, 0.6) is 0 Å². The molecule has 0 radical (unpaired) electrons. The number of Topliss-reactive ketones (excluding diaryl/α,β-unsaturated/α-hetero) is 1. The zero-order valence-corrected chi connectivity index (χ0v) is 11.3. The average Bonchev–Trinajstić information content (AvgIpc) is 2.36. The number of ketones is 1. The first-order chi connectivity index (χ1) is 7.95. The lowest BCUT2D eigenvalue weighted by atomic mass is 9.98. The molecule has 0 saturated carbocycles. The van der Waals surface area contributed by atoms with Crippen molar-refractivity contribution in [3.63, 3.8) is 0 Å². The summed E-state index contributed by atoms with van der Waals surface area (Å²) in [5.74, 6) is -1.43. The summed E-state index contributed by atoms with van der Waals surface area (Å²) in [7, 11) is 1.14. The summed E-state index contributed by atoms with van der Waals surface area (Å²) in [4.78, 5) is 23.5. The van der Waals surface area contributed by atoms with Gasteiger partial charge in [0.25, 0.3) is 0 Å². The maximum absolute atomic E-state index is 12.1. The predicted octanol–water partition coefficient (Wildman–Crippen LogP) is 1.82. The van der Waals surface area contributed by atoms with Gasteiger partial charge in [-0.3, -0.25) is 4.79 Å². The third-order valence-corrected chi connectivity index (χ3v) is 3.38. The summed E-state index contributed by atoms with van der Waals surface area (Å²) in [5, 5.41) is 9.65. The molecule has 0 aliphatic rings. The van der Waals surface area contributed by atoms with E-state index in [4.69, 9.17) is 11.6 Å². The Morgan fingerprint density at radius 3 is 2.35 bits per heavy atom. The highest BCUT2D eigenvalue weighted by Crippen LogP contribution is 2.25. The largest absolute Gasteiger partial charge is 0.468 e. The second kappa shape index (κ2) is 5.62. The Hall–Kier alpha value is -0.910. The van der Waals surface area contributed by atoms with Crippen molar-refractivity contribution in [2.75, 3.05) is 13.7 Å². The van der Waals surface area contributed by atoms with Crippen LogP contribution in [-0.4, -0.2) is 34.9 Å². The molecule has 1 unspecified atom stereocenters. The normalized spacial score (nSPS) is 13.9. The Kier molecular flexibility index (Phi) is 4.68. The lowest BCUT2D eigenvalue weighted by molar-refractivity contribution is -0.142. The molecule has 1 atom stereocenters. The minimum absolute atomic E-state index is 0.255. The zero-order chi connectivity index (χ0) is 13.1. The fourth-order valence-corrected chi connectivity index (χ4v) is 1.74. The highest BCUT2D eigenvalue weighted by atomic mass is 79.9. The second-order valence-corrected chi connectivity index (χ2v) is 5.08. The van der Waals surface area contributed by atoms with Gasteiger partial charge < -0.3 is 9.84 Å². The third-order valence-electron chi connectivity index (χ3n) is 2.19. The van der Waals surface area contributed by atoms with Crippen LogP contribution in [0.3, 0.4) is 0 Å². The van der Waals surface area contributed by atoms with Gasteiger partial charge in [-0.1, -0.05) is 27.5 Å².